The highest BCUT2D eigenvalue weighted by atomic mass is 35.5. The Morgan fingerprint density at radius 2 is 2.03 bits per heavy atom. The van der Waals surface area contributed by atoms with E-state index in [4.69, 9.17) is 28.2 Å². The lowest BCUT2D eigenvalue weighted by Crippen LogP contribution is -2.41. The molecule has 0 radical (unpaired) electrons. The number of unbranched alkanes of at least 4 members (excludes halogenated alkanes) is 1. The zero-order valence-corrected chi connectivity index (χ0v) is 20.1. The highest BCUT2D eigenvalue weighted by molar-refractivity contribution is 8.26. The fourth-order valence-corrected chi connectivity index (χ4v) is 6.83. The van der Waals surface area contributed by atoms with E-state index in [2.05, 4.69) is 0 Å². The Kier molecular flexibility index (Phi) is 6.48. The summed E-state index contributed by atoms with van der Waals surface area (Å²) in [5.41, 5.74) is 1.97. The van der Waals surface area contributed by atoms with Gasteiger partial charge >= 0.3 is 0 Å². The Morgan fingerprint density at radius 3 is 2.72 bits per heavy atom. The van der Waals surface area contributed by atoms with E-state index >= 15 is 0 Å². The molecule has 3 aliphatic rings. The van der Waals surface area contributed by atoms with Crippen molar-refractivity contribution in [2.45, 2.75) is 51.0 Å². The first-order chi connectivity index (χ1) is 15.5. The average molecular weight is 488 g/mol. The second-order valence-corrected chi connectivity index (χ2v) is 11.1. The van der Waals surface area contributed by atoms with E-state index in [1.165, 1.54) is 31.0 Å². The number of hydrogen-bond donors (Lipinski definition) is 1. The number of fused-ring (bicyclic) bond motifs is 2. The molecule has 2 bridgehead atoms. The van der Waals surface area contributed by atoms with Gasteiger partial charge in [0.25, 0.3) is 5.91 Å². The van der Waals surface area contributed by atoms with Crippen LogP contribution in [0.15, 0.2) is 39.7 Å². The molecule has 1 amide bonds. The molecule has 3 atom stereocenters. The standard InChI is InChI=1S/C25H26ClNO3S2/c26-19-8-6-16(7-9-19)21-13-18(3-1-2-10-28)22(30-21)14-23-24(29)27(25(31)32-23)20-12-15-4-5-17(20)11-15/h6-9,13-15,17,20,28H,1-5,10-12H2/b23-14-. The van der Waals surface area contributed by atoms with Gasteiger partial charge in [0.1, 0.15) is 15.8 Å². The highest BCUT2D eigenvalue weighted by Gasteiger charge is 2.48. The summed E-state index contributed by atoms with van der Waals surface area (Å²) in [6, 6.07) is 9.82. The monoisotopic (exact) mass is 487 g/mol. The van der Waals surface area contributed by atoms with Gasteiger partial charge in [-0.1, -0.05) is 42.0 Å². The number of halogens is 1. The van der Waals surface area contributed by atoms with E-state index in [0.29, 0.717) is 25.9 Å². The molecule has 1 aliphatic heterocycles. The normalized spacial score (nSPS) is 26.1. The minimum atomic E-state index is 0.0169. The Hall–Kier alpha value is -1.60. The first-order valence-corrected chi connectivity index (χ1v) is 12.9. The minimum Gasteiger partial charge on any atom is -0.456 e. The Morgan fingerprint density at radius 1 is 1.22 bits per heavy atom. The van der Waals surface area contributed by atoms with Gasteiger partial charge in [-0.3, -0.25) is 9.69 Å². The van der Waals surface area contributed by atoms with Crippen molar-refractivity contribution in [3.63, 3.8) is 0 Å². The molecule has 3 unspecified atom stereocenters. The minimum absolute atomic E-state index is 0.0169. The lowest BCUT2D eigenvalue weighted by Gasteiger charge is -2.30. The molecule has 1 aromatic carbocycles. The maximum absolute atomic E-state index is 13.3. The van der Waals surface area contributed by atoms with Gasteiger partial charge in [0, 0.05) is 29.3 Å². The fraction of sp³-hybridized carbons (Fsp3) is 0.440. The van der Waals surface area contributed by atoms with Crippen LogP contribution in [0.4, 0.5) is 0 Å². The van der Waals surface area contributed by atoms with Crippen LogP contribution in [0.2, 0.25) is 5.02 Å². The van der Waals surface area contributed by atoms with E-state index in [0.717, 1.165) is 48.5 Å². The third kappa shape index (κ3) is 4.30. The average Bonchev–Trinajstić information content (AvgIpc) is 3.54. The molecule has 168 valence electrons. The largest absolute Gasteiger partial charge is 0.456 e. The molecule has 1 N–H and O–H groups in total. The van der Waals surface area contributed by atoms with Crippen LogP contribution in [0.3, 0.4) is 0 Å². The Balaban J connectivity index is 1.43. The SMILES string of the molecule is O=C1/C(=C/c2oc(-c3ccc(Cl)cc3)cc2CCCCO)SC(=S)N1C1CC2CCC1C2. The lowest BCUT2D eigenvalue weighted by atomic mass is 9.94. The molecule has 1 saturated heterocycles. The number of nitrogens with zero attached hydrogens (tertiary/aromatic N) is 1. The molecule has 2 heterocycles. The molecule has 0 spiro atoms. The summed E-state index contributed by atoms with van der Waals surface area (Å²) >= 11 is 13.1. The van der Waals surface area contributed by atoms with Crippen LogP contribution in [-0.2, 0) is 11.2 Å². The molecule has 4 nitrogen and oxygen atoms in total. The molecule has 2 aromatic rings. The first-order valence-electron chi connectivity index (χ1n) is 11.3. The van der Waals surface area contributed by atoms with Crippen LogP contribution in [0.25, 0.3) is 17.4 Å². The van der Waals surface area contributed by atoms with Crippen LogP contribution in [-0.4, -0.2) is 32.9 Å². The second-order valence-electron chi connectivity index (χ2n) is 8.98. The van der Waals surface area contributed by atoms with Crippen LogP contribution >= 0.6 is 35.6 Å². The third-order valence-corrected chi connectivity index (χ3v) is 8.53. The number of hydrogen-bond acceptors (Lipinski definition) is 5. The van der Waals surface area contributed by atoms with Crippen LogP contribution in [0, 0.1) is 11.8 Å². The molecule has 2 saturated carbocycles. The Bertz CT molecular complexity index is 1060. The number of aryl methyl sites for hydroxylation is 1. The number of carbonyl (C=O) groups is 1. The van der Waals surface area contributed by atoms with Crippen molar-refractivity contribution in [1.82, 2.24) is 4.90 Å². The summed E-state index contributed by atoms with van der Waals surface area (Å²) in [5.74, 6) is 2.81. The van der Waals surface area contributed by atoms with Crippen molar-refractivity contribution in [3.05, 3.63) is 51.6 Å². The summed E-state index contributed by atoms with van der Waals surface area (Å²) in [6.07, 6.45) is 9.04. The molecule has 1 aromatic heterocycles. The van der Waals surface area contributed by atoms with Gasteiger partial charge in [-0.25, -0.2) is 0 Å². The number of carbonyl (C=O) groups excluding carboxylic acids is 1. The predicted octanol–water partition coefficient (Wildman–Crippen LogP) is 6.30. The zero-order chi connectivity index (χ0) is 22.2. The van der Waals surface area contributed by atoms with Crippen molar-refractivity contribution < 1.29 is 14.3 Å². The van der Waals surface area contributed by atoms with Gasteiger partial charge in [-0.15, -0.1) is 0 Å². The molecule has 3 fully saturated rings. The Labute approximate surface area is 203 Å². The van der Waals surface area contributed by atoms with Gasteiger partial charge in [0.15, 0.2) is 0 Å². The number of rotatable bonds is 7. The number of amides is 1. The molecule has 5 rings (SSSR count). The van der Waals surface area contributed by atoms with Crippen molar-refractivity contribution in [1.29, 1.82) is 0 Å². The van der Waals surface area contributed by atoms with Crippen LogP contribution in [0.5, 0.6) is 0 Å². The summed E-state index contributed by atoms with van der Waals surface area (Å²) in [4.78, 5) is 15.8. The molecule has 2 aliphatic carbocycles. The molecule has 32 heavy (non-hydrogen) atoms. The van der Waals surface area contributed by atoms with E-state index in [1.807, 2.05) is 41.3 Å². The van der Waals surface area contributed by atoms with E-state index in [1.54, 1.807) is 0 Å². The number of aliphatic hydroxyl groups excluding tert-OH is 1. The topological polar surface area (TPSA) is 53.7 Å². The summed E-state index contributed by atoms with van der Waals surface area (Å²) < 4.78 is 6.89. The predicted molar refractivity (Wildman–Crippen MR) is 133 cm³/mol. The van der Waals surface area contributed by atoms with E-state index < -0.39 is 0 Å². The number of aliphatic hydroxyl groups is 1. The maximum Gasteiger partial charge on any atom is 0.266 e. The van der Waals surface area contributed by atoms with Crippen LogP contribution < -0.4 is 0 Å². The highest BCUT2D eigenvalue weighted by Crippen LogP contribution is 2.49. The molecular formula is C25H26ClNO3S2. The van der Waals surface area contributed by atoms with Crippen molar-refractivity contribution >= 4 is 51.9 Å². The molecular weight excluding hydrogens is 462 g/mol. The van der Waals surface area contributed by atoms with E-state index in [9.17, 15) is 9.90 Å². The van der Waals surface area contributed by atoms with Crippen molar-refractivity contribution in [2.24, 2.45) is 11.8 Å². The number of thioether (sulfide) groups is 1. The third-order valence-electron chi connectivity index (χ3n) is 6.94. The van der Waals surface area contributed by atoms with Gasteiger partial charge < -0.3 is 9.52 Å². The van der Waals surface area contributed by atoms with Gasteiger partial charge in [-0.05, 0) is 86.3 Å². The number of furan rings is 1. The second kappa shape index (κ2) is 9.34. The van der Waals surface area contributed by atoms with Crippen molar-refractivity contribution in [2.75, 3.05) is 6.61 Å². The quantitative estimate of drug-likeness (QED) is 0.282. The van der Waals surface area contributed by atoms with E-state index in [-0.39, 0.29) is 18.6 Å². The summed E-state index contributed by atoms with van der Waals surface area (Å²) in [6.45, 7) is 0.166. The maximum atomic E-state index is 13.3. The summed E-state index contributed by atoms with van der Waals surface area (Å²) in [5, 5.41) is 9.85. The molecule has 7 heteroatoms. The first kappa shape index (κ1) is 22.2. The lowest BCUT2D eigenvalue weighted by molar-refractivity contribution is -0.124. The van der Waals surface area contributed by atoms with Gasteiger partial charge in [-0.2, -0.15) is 0 Å². The van der Waals surface area contributed by atoms with Crippen molar-refractivity contribution in [3.8, 4) is 11.3 Å². The van der Waals surface area contributed by atoms with Gasteiger partial charge in [0.05, 0.1) is 4.91 Å². The summed E-state index contributed by atoms with van der Waals surface area (Å²) in [7, 11) is 0. The fourth-order valence-electron chi connectivity index (χ4n) is 5.36. The van der Waals surface area contributed by atoms with Crippen LogP contribution in [0.1, 0.15) is 49.8 Å². The number of benzene rings is 1. The zero-order valence-electron chi connectivity index (χ0n) is 17.8. The smallest absolute Gasteiger partial charge is 0.266 e. The van der Waals surface area contributed by atoms with Gasteiger partial charge in [0.2, 0.25) is 0 Å². The number of thiocarbonyl (C=S) groups is 1.